The number of rotatable bonds is 14. The number of amides is 2. The van der Waals surface area contributed by atoms with Gasteiger partial charge in [-0.15, -0.1) is 0 Å². The van der Waals surface area contributed by atoms with Crippen molar-refractivity contribution in [1.29, 1.82) is 0 Å². The molecular weight excluding hydrogens is 873 g/mol. The Labute approximate surface area is 417 Å². The Morgan fingerprint density at radius 2 is 0.800 bits per heavy atom. The first-order valence-electron chi connectivity index (χ1n) is 24.9. The van der Waals surface area contributed by atoms with E-state index >= 15 is 0 Å². The Bertz CT molecular complexity index is 2530. The zero-order chi connectivity index (χ0) is 51.0. The number of hydrogen-bond acceptors (Lipinski definition) is 10. The smallest absolute Gasteiger partial charge is 0.233 e. The minimum absolute atomic E-state index is 0.00468. The second-order valence-electron chi connectivity index (χ2n) is 23.4. The molecule has 6 N–H and O–H groups in total. The van der Waals surface area contributed by atoms with Gasteiger partial charge in [-0.3, -0.25) is 9.59 Å². The van der Waals surface area contributed by atoms with Gasteiger partial charge < -0.3 is 41.5 Å². The highest BCUT2D eigenvalue weighted by molar-refractivity contribution is 6.03. The molecule has 374 valence electrons. The molecule has 7 rings (SSSR count). The van der Waals surface area contributed by atoms with Crippen molar-refractivity contribution in [2.24, 2.45) is 0 Å². The van der Waals surface area contributed by atoms with E-state index in [-0.39, 0.29) is 63.9 Å². The van der Waals surface area contributed by atoms with E-state index in [1.165, 1.54) is 15.7 Å². The highest BCUT2D eigenvalue weighted by Gasteiger charge is 2.46. The lowest BCUT2D eigenvalue weighted by Gasteiger charge is -2.51. The molecule has 0 saturated carbocycles. The first-order chi connectivity index (χ1) is 32.7. The van der Waals surface area contributed by atoms with Crippen molar-refractivity contribution >= 4 is 63.0 Å². The van der Waals surface area contributed by atoms with Crippen LogP contribution in [0.15, 0.2) is 121 Å². The molecule has 2 aliphatic rings. The predicted molar refractivity (Wildman–Crippen MR) is 288 cm³/mol. The van der Waals surface area contributed by atoms with Crippen LogP contribution in [-0.4, -0.2) is 72.6 Å². The largest absolute Gasteiger partial charge is 0.382 e. The SMILES string of the molecule is CC(C)NC(=O)CC(=O)Nc1ccc(N(c2ccc(NC3CC(C)(C)N(O)C(C)(C)C3)cc2)c2ccc(N(c3ccc(NC4CC(C)(C)N(O)C(C)(C)C4)cc3)c3ccc(C(C)(C)C)cc3)cc2)cc1. The van der Waals surface area contributed by atoms with E-state index in [1.807, 2.05) is 38.1 Å². The van der Waals surface area contributed by atoms with Crippen molar-refractivity contribution in [1.82, 2.24) is 15.4 Å². The van der Waals surface area contributed by atoms with Crippen LogP contribution in [0.5, 0.6) is 0 Å². The maximum absolute atomic E-state index is 12.8. The Kier molecular flexibility index (Phi) is 14.9. The van der Waals surface area contributed by atoms with E-state index in [1.54, 1.807) is 0 Å². The first-order valence-corrected chi connectivity index (χ1v) is 24.9. The van der Waals surface area contributed by atoms with Gasteiger partial charge in [0.25, 0.3) is 0 Å². The van der Waals surface area contributed by atoms with Crippen LogP contribution in [0.4, 0.5) is 51.2 Å². The van der Waals surface area contributed by atoms with Crippen LogP contribution >= 0.6 is 0 Å². The molecular formula is C58H78N8O4. The first kappa shape index (κ1) is 51.9. The summed E-state index contributed by atoms with van der Waals surface area (Å²) in [6.45, 7) is 27.1. The number of benzene rings is 5. The fourth-order valence-corrected chi connectivity index (χ4v) is 10.8. The van der Waals surface area contributed by atoms with E-state index in [0.29, 0.717) is 5.69 Å². The Morgan fingerprint density at radius 3 is 1.10 bits per heavy atom. The number of carbonyl (C=O) groups is 2. The third kappa shape index (κ3) is 12.1. The highest BCUT2D eigenvalue weighted by atomic mass is 16.5. The van der Waals surface area contributed by atoms with Gasteiger partial charge in [0.1, 0.15) is 6.42 Å². The Balaban J connectivity index is 1.20. The molecule has 2 saturated heterocycles. The predicted octanol–water partition coefficient (Wildman–Crippen LogP) is 13.4. The van der Waals surface area contributed by atoms with Crippen LogP contribution in [-0.2, 0) is 15.0 Å². The third-order valence-electron chi connectivity index (χ3n) is 13.8. The van der Waals surface area contributed by atoms with Crippen molar-refractivity contribution in [2.75, 3.05) is 25.8 Å². The summed E-state index contributed by atoms with van der Waals surface area (Å²) in [5, 5.41) is 38.1. The van der Waals surface area contributed by atoms with Gasteiger partial charge in [-0.2, -0.15) is 10.1 Å². The summed E-state index contributed by atoms with van der Waals surface area (Å²) in [7, 11) is 0. The summed E-state index contributed by atoms with van der Waals surface area (Å²) in [5.41, 5.74) is 8.23. The normalized spacial score (nSPS) is 18.2. The maximum atomic E-state index is 12.8. The average Bonchev–Trinajstić information content (AvgIpc) is 3.26. The van der Waals surface area contributed by atoms with Crippen LogP contribution in [0.3, 0.4) is 0 Å². The number of nitrogens with zero attached hydrogens (tertiary/aromatic N) is 4. The zero-order valence-corrected chi connectivity index (χ0v) is 43.8. The van der Waals surface area contributed by atoms with Gasteiger partial charge in [0.2, 0.25) is 11.8 Å². The van der Waals surface area contributed by atoms with Crippen molar-refractivity contribution in [2.45, 2.75) is 168 Å². The number of hydrogen-bond donors (Lipinski definition) is 6. The van der Waals surface area contributed by atoms with E-state index in [0.717, 1.165) is 71.2 Å². The molecule has 70 heavy (non-hydrogen) atoms. The van der Waals surface area contributed by atoms with E-state index < -0.39 is 0 Å². The van der Waals surface area contributed by atoms with Crippen molar-refractivity contribution in [3.05, 3.63) is 127 Å². The lowest BCUT2D eigenvalue weighted by atomic mass is 9.79. The van der Waals surface area contributed by atoms with Crippen LogP contribution in [0, 0.1) is 0 Å². The number of nitrogens with one attached hydrogen (secondary N) is 4. The molecule has 12 heteroatoms. The van der Waals surface area contributed by atoms with Gasteiger partial charge >= 0.3 is 0 Å². The van der Waals surface area contributed by atoms with Crippen LogP contribution in [0.25, 0.3) is 0 Å². The monoisotopic (exact) mass is 951 g/mol. The minimum atomic E-state index is -0.380. The van der Waals surface area contributed by atoms with E-state index in [2.05, 4.69) is 204 Å². The van der Waals surface area contributed by atoms with Crippen molar-refractivity contribution < 1.29 is 20.0 Å². The molecule has 0 aromatic heterocycles. The quantitative estimate of drug-likeness (QED) is 0.0597. The molecule has 2 heterocycles. The second kappa shape index (κ2) is 20.1. The Hall–Kier alpha value is -5.92. The third-order valence-corrected chi connectivity index (χ3v) is 13.8. The van der Waals surface area contributed by atoms with Gasteiger partial charge in [0.05, 0.1) is 0 Å². The van der Waals surface area contributed by atoms with E-state index in [9.17, 15) is 20.0 Å². The molecule has 5 aromatic rings. The molecule has 0 bridgehead atoms. The molecule has 0 aliphatic carbocycles. The van der Waals surface area contributed by atoms with Crippen LogP contribution < -0.4 is 31.1 Å². The number of hydroxylamine groups is 4. The van der Waals surface area contributed by atoms with E-state index in [4.69, 9.17) is 0 Å². The molecule has 0 radical (unpaired) electrons. The number of carbonyl (C=O) groups excluding carboxylic acids is 2. The zero-order valence-electron chi connectivity index (χ0n) is 43.8. The topological polar surface area (TPSA) is 136 Å². The second-order valence-corrected chi connectivity index (χ2v) is 23.4. The van der Waals surface area contributed by atoms with Gasteiger partial charge in [-0.25, -0.2) is 0 Å². The molecule has 5 aromatic carbocycles. The summed E-state index contributed by atoms with van der Waals surface area (Å²) >= 11 is 0. The van der Waals surface area contributed by atoms with Crippen molar-refractivity contribution in [3.8, 4) is 0 Å². The fraction of sp³-hybridized carbons (Fsp3) is 0.448. The summed E-state index contributed by atoms with van der Waals surface area (Å²) in [6.07, 6.45) is 2.95. The molecule has 2 aliphatic heterocycles. The number of anilines is 9. The van der Waals surface area contributed by atoms with Gasteiger partial charge in [0.15, 0.2) is 0 Å². The standard InChI is InChI=1S/C58H78N8O4/c1-39(2)59-52(67)34-53(68)62-43-20-28-49(29-21-43)64(48-26-18-42(19-27-48)61-45-37-57(10,11)66(70)58(12,13)38-45)51-32-30-50(31-33-51)63(46-22-14-40(15-23-46)54(3,4)5)47-24-16-41(17-25-47)60-44-35-55(6,7)65(69)56(8,9)36-44/h14-33,39,44-45,60-61,69-70H,34-38H2,1-13H3,(H,59,67)(H,62,68). The van der Waals surface area contributed by atoms with Crippen LogP contribution in [0.1, 0.15) is 128 Å². The molecule has 0 unspecified atom stereocenters. The van der Waals surface area contributed by atoms with Gasteiger partial charge in [-0.05, 0) is 215 Å². The average molecular weight is 951 g/mol. The minimum Gasteiger partial charge on any atom is -0.382 e. The molecule has 0 atom stereocenters. The molecule has 0 spiro atoms. The molecule has 12 nitrogen and oxygen atoms in total. The summed E-state index contributed by atoms with van der Waals surface area (Å²) < 4.78 is 0. The number of piperidine rings is 2. The fourth-order valence-electron chi connectivity index (χ4n) is 10.8. The highest BCUT2D eigenvalue weighted by Crippen LogP contribution is 2.43. The summed E-state index contributed by atoms with van der Waals surface area (Å²) in [6, 6.07) is 42.5. The van der Waals surface area contributed by atoms with Gasteiger partial charge in [-0.1, -0.05) is 32.9 Å². The summed E-state index contributed by atoms with van der Waals surface area (Å²) in [4.78, 5) is 29.6. The molecule has 2 amide bonds. The van der Waals surface area contributed by atoms with Crippen molar-refractivity contribution in [3.63, 3.8) is 0 Å². The Morgan fingerprint density at radius 1 is 0.514 bits per heavy atom. The van der Waals surface area contributed by atoms with Gasteiger partial charge in [0, 0.05) is 91.5 Å². The summed E-state index contributed by atoms with van der Waals surface area (Å²) in [5.74, 6) is -0.695. The lowest BCUT2D eigenvalue weighted by Crippen LogP contribution is -2.61. The maximum Gasteiger partial charge on any atom is 0.233 e. The van der Waals surface area contributed by atoms with Crippen LogP contribution in [0.2, 0.25) is 0 Å². The molecule has 2 fully saturated rings. The lowest BCUT2D eigenvalue weighted by molar-refractivity contribution is -0.243.